The van der Waals surface area contributed by atoms with Gasteiger partial charge in [0.2, 0.25) is 0 Å². The van der Waals surface area contributed by atoms with Crippen molar-refractivity contribution in [3.8, 4) is 11.5 Å². The maximum atomic E-state index is 5.65. The number of thiophene rings is 1. The highest BCUT2D eigenvalue weighted by Gasteiger charge is 2.14. The van der Waals surface area contributed by atoms with E-state index in [1.807, 2.05) is 17.4 Å². The lowest BCUT2D eigenvalue weighted by atomic mass is 10.1. The van der Waals surface area contributed by atoms with Crippen LogP contribution in [0.1, 0.15) is 33.8 Å². The van der Waals surface area contributed by atoms with Crippen LogP contribution in [-0.4, -0.2) is 13.2 Å². The Bertz CT molecular complexity index is 636. The zero-order chi connectivity index (χ0) is 14.8. The average molecular weight is 303 g/mol. The molecule has 21 heavy (non-hydrogen) atoms. The number of hydrogen-bond donors (Lipinski definition) is 1. The summed E-state index contributed by atoms with van der Waals surface area (Å²) in [6.45, 7) is 8.68. The minimum atomic E-state index is 0.278. The topological polar surface area (TPSA) is 30.5 Å². The molecule has 1 aromatic carbocycles. The molecule has 0 amide bonds. The molecule has 2 heterocycles. The van der Waals surface area contributed by atoms with Crippen LogP contribution in [0.5, 0.6) is 11.5 Å². The second-order valence-corrected chi connectivity index (χ2v) is 6.90. The molecule has 112 valence electrons. The lowest BCUT2D eigenvalue weighted by Crippen LogP contribution is -2.19. The van der Waals surface area contributed by atoms with Crippen molar-refractivity contribution in [2.24, 2.45) is 0 Å². The van der Waals surface area contributed by atoms with Crippen LogP contribution < -0.4 is 14.8 Å². The van der Waals surface area contributed by atoms with Gasteiger partial charge in [-0.15, -0.1) is 11.3 Å². The number of ether oxygens (including phenoxy) is 2. The highest BCUT2D eigenvalue weighted by Crippen LogP contribution is 2.32. The predicted octanol–water partition coefficient (Wildman–Crippen LogP) is 3.99. The number of nitrogens with one attached hydrogen (secondary N) is 1. The molecule has 0 bridgehead atoms. The van der Waals surface area contributed by atoms with Gasteiger partial charge < -0.3 is 14.8 Å². The molecule has 1 N–H and O–H groups in total. The summed E-state index contributed by atoms with van der Waals surface area (Å²) in [5.41, 5.74) is 2.62. The monoisotopic (exact) mass is 303 g/mol. The van der Waals surface area contributed by atoms with E-state index in [0.717, 1.165) is 18.0 Å². The predicted molar refractivity (Wildman–Crippen MR) is 86.5 cm³/mol. The summed E-state index contributed by atoms with van der Waals surface area (Å²) in [4.78, 5) is 2.77. The van der Waals surface area contributed by atoms with Gasteiger partial charge in [-0.2, -0.15) is 0 Å². The van der Waals surface area contributed by atoms with Crippen LogP contribution in [0, 0.1) is 13.8 Å². The van der Waals surface area contributed by atoms with Gasteiger partial charge in [0.05, 0.1) is 0 Å². The van der Waals surface area contributed by atoms with E-state index in [9.17, 15) is 0 Å². The van der Waals surface area contributed by atoms with Crippen molar-refractivity contribution in [1.82, 2.24) is 5.32 Å². The maximum Gasteiger partial charge on any atom is 0.161 e. The SMILES string of the molecule is Cc1cc(CNC(C)c2ccc3c(c2)OCCO3)c(C)s1. The van der Waals surface area contributed by atoms with Crippen LogP contribution >= 0.6 is 11.3 Å². The van der Waals surface area contributed by atoms with Gasteiger partial charge >= 0.3 is 0 Å². The molecule has 1 unspecified atom stereocenters. The maximum absolute atomic E-state index is 5.65. The Morgan fingerprint density at radius 3 is 2.62 bits per heavy atom. The zero-order valence-electron chi connectivity index (χ0n) is 12.7. The molecule has 1 atom stereocenters. The molecule has 0 fully saturated rings. The fourth-order valence-corrected chi connectivity index (χ4v) is 3.52. The summed E-state index contributed by atoms with van der Waals surface area (Å²) < 4.78 is 11.2. The number of benzene rings is 1. The van der Waals surface area contributed by atoms with E-state index in [-0.39, 0.29) is 6.04 Å². The van der Waals surface area contributed by atoms with Gasteiger partial charge in [0.25, 0.3) is 0 Å². The fourth-order valence-electron chi connectivity index (χ4n) is 2.57. The lowest BCUT2D eigenvalue weighted by Gasteiger charge is -2.21. The Kier molecular flexibility index (Phi) is 4.17. The normalized spacial score (nSPS) is 15.0. The molecule has 3 rings (SSSR count). The Hall–Kier alpha value is -1.52. The quantitative estimate of drug-likeness (QED) is 0.926. The van der Waals surface area contributed by atoms with Crippen LogP contribution in [-0.2, 0) is 6.54 Å². The van der Waals surface area contributed by atoms with Crippen molar-refractivity contribution in [2.45, 2.75) is 33.4 Å². The first-order valence-corrected chi connectivity index (χ1v) is 8.14. The number of hydrogen-bond acceptors (Lipinski definition) is 4. The van der Waals surface area contributed by atoms with Crippen molar-refractivity contribution in [3.63, 3.8) is 0 Å². The van der Waals surface area contributed by atoms with E-state index in [1.54, 1.807) is 0 Å². The third kappa shape index (κ3) is 3.22. The standard InChI is InChI=1S/C17H21NO2S/c1-11-8-15(13(3)21-11)10-18-12(2)14-4-5-16-17(9-14)20-7-6-19-16/h4-5,8-9,12,18H,6-7,10H2,1-3H3. The molecule has 1 aromatic heterocycles. The molecule has 2 aromatic rings. The van der Waals surface area contributed by atoms with Gasteiger partial charge in [-0.3, -0.25) is 0 Å². The van der Waals surface area contributed by atoms with E-state index < -0.39 is 0 Å². The van der Waals surface area contributed by atoms with E-state index in [0.29, 0.717) is 13.2 Å². The van der Waals surface area contributed by atoms with E-state index in [4.69, 9.17) is 9.47 Å². The molecule has 0 aliphatic carbocycles. The van der Waals surface area contributed by atoms with Crippen molar-refractivity contribution in [3.05, 3.63) is 45.1 Å². The van der Waals surface area contributed by atoms with Gasteiger partial charge in [-0.25, -0.2) is 0 Å². The molecule has 3 nitrogen and oxygen atoms in total. The van der Waals surface area contributed by atoms with Crippen LogP contribution in [0.4, 0.5) is 0 Å². The third-order valence-corrected chi connectivity index (χ3v) is 4.82. The molecule has 0 radical (unpaired) electrons. The van der Waals surface area contributed by atoms with Crippen molar-refractivity contribution in [1.29, 1.82) is 0 Å². The largest absolute Gasteiger partial charge is 0.486 e. The molecular weight excluding hydrogens is 282 g/mol. The third-order valence-electron chi connectivity index (χ3n) is 3.81. The van der Waals surface area contributed by atoms with Crippen molar-refractivity contribution in [2.75, 3.05) is 13.2 Å². The summed E-state index contributed by atoms with van der Waals surface area (Å²) in [6.07, 6.45) is 0. The van der Waals surface area contributed by atoms with Gasteiger partial charge in [-0.1, -0.05) is 6.07 Å². The summed E-state index contributed by atoms with van der Waals surface area (Å²) in [6, 6.07) is 8.74. The minimum absolute atomic E-state index is 0.278. The summed E-state index contributed by atoms with van der Waals surface area (Å²) in [5, 5.41) is 3.59. The van der Waals surface area contributed by atoms with Crippen molar-refractivity contribution >= 4 is 11.3 Å². The molecule has 4 heteroatoms. The van der Waals surface area contributed by atoms with E-state index in [1.165, 1.54) is 20.9 Å². The summed E-state index contributed by atoms with van der Waals surface area (Å²) >= 11 is 1.86. The average Bonchev–Trinajstić information content (AvgIpc) is 2.82. The first kappa shape index (κ1) is 14.4. The van der Waals surface area contributed by atoms with Gasteiger partial charge in [0.15, 0.2) is 11.5 Å². The van der Waals surface area contributed by atoms with Gasteiger partial charge in [0, 0.05) is 22.3 Å². The van der Waals surface area contributed by atoms with E-state index >= 15 is 0 Å². The molecule has 1 aliphatic rings. The van der Waals surface area contributed by atoms with Crippen LogP contribution in [0.25, 0.3) is 0 Å². The highest BCUT2D eigenvalue weighted by atomic mass is 32.1. The molecule has 0 saturated heterocycles. The number of aryl methyl sites for hydroxylation is 2. The second kappa shape index (κ2) is 6.08. The van der Waals surface area contributed by atoms with Crippen LogP contribution in [0.15, 0.2) is 24.3 Å². The summed E-state index contributed by atoms with van der Waals surface area (Å²) in [5.74, 6) is 1.71. The van der Waals surface area contributed by atoms with Gasteiger partial charge in [0.1, 0.15) is 13.2 Å². The molecule has 0 spiro atoms. The fraction of sp³-hybridized carbons (Fsp3) is 0.412. The Morgan fingerprint density at radius 1 is 1.14 bits per heavy atom. The van der Waals surface area contributed by atoms with Gasteiger partial charge in [-0.05, 0) is 50.1 Å². The number of rotatable bonds is 4. The Balaban J connectivity index is 1.67. The highest BCUT2D eigenvalue weighted by molar-refractivity contribution is 7.12. The molecule has 0 saturated carbocycles. The number of fused-ring (bicyclic) bond motifs is 1. The first-order valence-electron chi connectivity index (χ1n) is 7.32. The van der Waals surface area contributed by atoms with Crippen LogP contribution in [0.2, 0.25) is 0 Å². The zero-order valence-corrected chi connectivity index (χ0v) is 13.5. The Labute approximate surface area is 129 Å². The summed E-state index contributed by atoms with van der Waals surface area (Å²) in [7, 11) is 0. The molecule has 1 aliphatic heterocycles. The Morgan fingerprint density at radius 2 is 1.90 bits per heavy atom. The first-order chi connectivity index (χ1) is 10.1. The second-order valence-electron chi connectivity index (χ2n) is 5.44. The van der Waals surface area contributed by atoms with E-state index in [2.05, 4.69) is 44.3 Å². The molecular formula is C17H21NO2S. The van der Waals surface area contributed by atoms with Crippen molar-refractivity contribution < 1.29 is 9.47 Å². The lowest BCUT2D eigenvalue weighted by molar-refractivity contribution is 0.171. The van der Waals surface area contributed by atoms with Crippen LogP contribution in [0.3, 0.4) is 0 Å². The minimum Gasteiger partial charge on any atom is -0.486 e. The smallest absolute Gasteiger partial charge is 0.161 e.